The molecule has 6 heteroatoms. The minimum absolute atomic E-state index is 0.585. The molecule has 0 radical (unpaired) electrons. The standard InChI is InChI=1S/C19H32ClN5/c1-4-7-8-9-10-11-12-16-17(20)23-19-21-15-22-25(19)18(16)24(13-5-2)14-6-3/h15H,4-14H2,1-3H3. The van der Waals surface area contributed by atoms with Crippen LogP contribution in [0.15, 0.2) is 6.33 Å². The third-order valence-electron chi connectivity index (χ3n) is 4.51. The van der Waals surface area contributed by atoms with E-state index in [1.165, 1.54) is 32.1 Å². The second kappa shape index (κ2) is 10.6. The zero-order valence-electron chi connectivity index (χ0n) is 16.0. The quantitative estimate of drug-likeness (QED) is 0.378. The molecule has 140 valence electrons. The maximum atomic E-state index is 6.55. The summed E-state index contributed by atoms with van der Waals surface area (Å²) in [6, 6.07) is 0. The van der Waals surface area contributed by atoms with Gasteiger partial charge in [0.2, 0.25) is 0 Å². The Morgan fingerprint density at radius 1 is 0.960 bits per heavy atom. The summed E-state index contributed by atoms with van der Waals surface area (Å²) in [6.07, 6.45) is 12.3. The van der Waals surface area contributed by atoms with Crippen LogP contribution < -0.4 is 4.90 Å². The first kappa shape index (κ1) is 20.0. The monoisotopic (exact) mass is 365 g/mol. The number of fused-ring (bicyclic) bond motifs is 1. The Morgan fingerprint density at radius 3 is 2.32 bits per heavy atom. The largest absolute Gasteiger partial charge is 0.356 e. The Hall–Kier alpha value is -1.36. The van der Waals surface area contributed by atoms with Gasteiger partial charge in [-0.2, -0.15) is 19.6 Å². The summed E-state index contributed by atoms with van der Waals surface area (Å²) in [6.45, 7) is 8.65. The van der Waals surface area contributed by atoms with Gasteiger partial charge in [-0.3, -0.25) is 0 Å². The zero-order chi connectivity index (χ0) is 18.1. The lowest BCUT2D eigenvalue weighted by Crippen LogP contribution is -2.29. The molecule has 2 aromatic heterocycles. The van der Waals surface area contributed by atoms with E-state index in [9.17, 15) is 0 Å². The lowest BCUT2D eigenvalue weighted by atomic mass is 10.1. The van der Waals surface area contributed by atoms with E-state index in [1.807, 2.05) is 4.52 Å². The lowest BCUT2D eigenvalue weighted by molar-refractivity contribution is 0.605. The molecule has 0 N–H and O–H groups in total. The third-order valence-corrected chi connectivity index (χ3v) is 4.83. The van der Waals surface area contributed by atoms with E-state index in [2.05, 4.69) is 40.7 Å². The van der Waals surface area contributed by atoms with E-state index >= 15 is 0 Å². The number of hydrogen-bond donors (Lipinski definition) is 0. The van der Waals surface area contributed by atoms with Crippen LogP contribution in [0.25, 0.3) is 5.78 Å². The summed E-state index contributed by atoms with van der Waals surface area (Å²) < 4.78 is 1.86. The third kappa shape index (κ3) is 5.30. The molecular weight excluding hydrogens is 334 g/mol. The molecule has 2 rings (SSSR count). The van der Waals surface area contributed by atoms with Crippen molar-refractivity contribution in [2.75, 3.05) is 18.0 Å². The number of anilines is 1. The predicted octanol–water partition coefficient (Wildman–Crippen LogP) is 5.31. The van der Waals surface area contributed by atoms with Crippen LogP contribution in [-0.2, 0) is 6.42 Å². The van der Waals surface area contributed by atoms with E-state index in [4.69, 9.17) is 11.6 Å². The maximum Gasteiger partial charge on any atom is 0.255 e. The van der Waals surface area contributed by atoms with Crippen molar-refractivity contribution in [3.8, 4) is 0 Å². The molecule has 2 aromatic rings. The molecule has 0 aliphatic heterocycles. The molecular formula is C19H32ClN5. The summed E-state index contributed by atoms with van der Waals surface area (Å²) >= 11 is 6.55. The average Bonchev–Trinajstić information content (AvgIpc) is 3.05. The van der Waals surface area contributed by atoms with Crippen molar-refractivity contribution in [1.82, 2.24) is 19.6 Å². The van der Waals surface area contributed by atoms with Gasteiger partial charge in [0.05, 0.1) is 0 Å². The van der Waals surface area contributed by atoms with Crippen LogP contribution >= 0.6 is 11.6 Å². The van der Waals surface area contributed by atoms with Gasteiger partial charge in [-0.1, -0.05) is 64.5 Å². The van der Waals surface area contributed by atoms with Gasteiger partial charge in [-0.05, 0) is 25.7 Å². The molecule has 0 saturated heterocycles. The molecule has 0 aliphatic carbocycles. The van der Waals surface area contributed by atoms with Crippen LogP contribution in [0, 0.1) is 0 Å². The van der Waals surface area contributed by atoms with E-state index in [0.717, 1.165) is 50.2 Å². The molecule has 0 bridgehead atoms. The molecule has 0 aliphatic rings. The lowest BCUT2D eigenvalue weighted by Gasteiger charge is -2.26. The second-order valence-electron chi connectivity index (χ2n) is 6.68. The minimum Gasteiger partial charge on any atom is -0.356 e. The van der Waals surface area contributed by atoms with Crippen molar-refractivity contribution >= 4 is 23.2 Å². The normalized spacial score (nSPS) is 11.4. The Bertz CT molecular complexity index is 634. The molecule has 5 nitrogen and oxygen atoms in total. The van der Waals surface area contributed by atoms with Crippen LogP contribution in [0.5, 0.6) is 0 Å². The number of hydrogen-bond acceptors (Lipinski definition) is 4. The highest BCUT2D eigenvalue weighted by Gasteiger charge is 2.20. The molecule has 2 heterocycles. The van der Waals surface area contributed by atoms with Gasteiger partial charge in [0.1, 0.15) is 17.3 Å². The van der Waals surface area contributed by atoms with E-state index in [-0.39, 0.29) is 0 Å². The number of rotatable bonds is 12. The second-order valence-corrected chi connectivity index (χ2v) is 7.04. The minimum atomic E-state index is 0.585. The summed E-state index contributed by atoms with van der Waals surface area (Å²) in [4.78, 5) is 11.1. The van der Waals surface area contributed by atoms with Crippen molar-refractivity contribution in [1.29, 1.82) is 0 Å². The molecule has 0 atom stereocenters. The topological polar surface area (TPSA) is 46.3 Å². The SMILES string of the molecule is CCCCCCCCc1c(Cl)nc2ncnn2c1N(CCC)CCC. The van der Waals surface area contributed by atoms with E-state index in [0.29, 0.717) is 10.9 Å². The van der Waals surface area contributed by atoms with Crippen molar-refractivity contribution < 1.29 is 0 Å². The van der Waals surface area contributed by atoms with Crippen molar-refractivity contribution in [2.24, 2.45) is 0 Å². The van der Waals surface area contributed by atoms with Crippen molar-refractivity contribution in [3.05, 3.63) is 17.0 Å². The molecule has 25 heavy (non-hydrogen) atoms. The first-order valence-electron chi connectivity index (χ1n) is 9.85. The highest BCUT2D eigenvalue weighted by Crippen LogP contribution is 2.29. The molecule has 0 fully saturated rings. The Kier molecular flexibility index (Phi) is 8.45. The van der Waals surface area contributed by atoms with Crippen LogP contribution in [0.4, 0.5) is 5.82 Å². The van der Waals surface area contributed by atoms with Gasteiger partial charge in [-0.15, -0.1) is 0 Å². The van der Waals surface area contributed by atoms with Crippen molar-refractivity contribution in [3.63, 3.8) is 0 Å². The number of nitrogens with zero attached hydrogens (tertiary/aromatic N) is 5. The fourth-order valence-corrected chi connectivity index (χ4v) is 3.58. The zero-order valence-corrected chi connectivity index (χ0v) is 16.7. The van der Waals surface area contributed by atoms with Crippen LogP contribution in [0.3, 0.4) is 0 Å². The van der Waals surface area contributed by atoms with Gasteiger partial charge in [0.15, 0.2) is 0 Å². The van der Waals surface area contributed by atoms with E-state index < -0.39 is 0 Å². The Labute approximate surface area is 156 Å². The van der Waals surface area contributed by atoms with Gasteiger partial charge in [0.25, 0.3) is 5.78 Å². The first-order chi connectivity index (χ1) is 12.2. The average molecular weight is 366 g/mol. The Balaban J connectivity index is 2.23. The van der Waals surface area contributed by atoms with Crippen LogP contribution in [0.2, 0.25) is 5.15 Å². The summed E-state index contributed by atoms with van der Waals surface area (Å²) in [7, 11) is 0. The molecule has 0 saturated carbocycles. The highest BCUT2D eigenvalue weighted by molar-refractivity contribution is 6.30. The predicted molar refractivity (Wildman–Crippen MR) is 106 cm³/mol. The maximum absolute atomic E-state index is 6.55. The molecule has 0 unspecified atom stereocenters. The molecule has 0 amide bonds. The number of unbranched alkanes of at least 4 members (excludes halogenated alkanes) is 5. The number of halogens is 1. The first-order valence-corrected chi connectivity index (χ1v) is 10.2. The smallest absolute Gasteiger partial charge is 0.255 e. The van der Waals surface area contributed by atoms with Gasteiger partial charge < -0.3 is 4.90 Å². The van der Waals surface area contributed by atoms with E-state index in [1.54, 1.807) is 6.33 Å². The van der Waals surface area contributed by atoms with Crippen LogP contribution in [0.1, 0.15) is 77.7 Å². The summed E-state index contributed by atoms with van der Waals surface area (Å²) in [5.41, 5.74) is 1.12. The fourth-order valence-electron chi connectivity index (χ4n) is 3.32. The van der Waals surface area contributed by atoms with Crippen molar-refractivity contribution in [2.45, 2.75) is 78.6 Å². The highest BCUT2D eigenvalue weighted by atomic mass is 35.5. The fraction of sp³-hybridized carbons (Fsp3) is 0.737. The van der Waals surface area contributed by atoms with Gasteiger partial charge >= 0.3 is 0 Å². The van der Waals surface area contributed by atoms with Gasteiger partial charge in [-0.25, -0.2) is 0 Å². The Morgan fingerprint density at radius 2 is 1.64 bits per heavy atom. The van der Waals surface area contributed by atoms with Gasteiger partial charge in [0, 0.05) is 18.7 Å². The molecule has 0 spiro atoms. The molecule has 0 aromatic carbocycles. The summed E-state index contributed by atoms with van der Waals surface area (Å²) in [5.74, 6) is 1.67. The van der Waals surface area contributed by atoms with Crippen LogP contribution in [-0.4, -0.2) is 32.7 Å². The summed E-state index contributed by atoms with van der Waals surface area (Å²) in [5, 5.41) is 5.00. The number of aromatic nitrogens is 4.